The highest BCUT2D eigenvalue weighted by molar-refractivity contribution is 6.14. The van der Waals surface area contributed by atoms with Gasteiger partial charge >= 0.3 is 5.97 Å². The summed E-state index contributed by atoms with van der Waals surface area (Å²) in [6.45, 7) is 5.36. The van der Waals surface area contributed by atoms with E-state index in [1.807, 2.05) is 48.5 Å². The molecular weight excluding hydrogens is 288 g/mol. The lowest BCUT2D eigenvalue weighted by atomic mass is 9.92. The van der Waals surface area contributed by atoms with Gasteiger partial charge in [-0.1, -0.05) is 55.1 Å². The quantitative estimate of drug-likeness (QED) is 0.310. The number of aldehydes is 1. The van der Waals surface area contributed by atoms with E-state index in [9.17, 15) is 9.59 Å². The molecule has 0 spiro atoms. The summed E-state index contributed by atoms with van der Waals surface area (Å²) in [7, 11) is 0. The normalized spacial score (nSPS) is 10.7. The molecule has 0 atom stereocenters. The molecule has 0 saturated heterocycles. The first-order chi connectivity index (χ1) is 11.1. The maximum Gasteiger partial charge on any atom is 0.333 e. The minimum atomic E-state index is -0.419. The van der Waals surface area contributed by atoms with E-state index in [2.05, 4.69) is 6.58 Å². The average molecular weight is 304 g/mol. The second kappa shape index (κ2) is 6.05. The molecule has 0 aliphatic heterocycles. The molecule has 23 heavy (non-hydrogen) atoms. The maximum atomic E-state index is 11.7. The minimum absolute atomic E-state index is 0.145. The summed E-state index contributed by atoms with van der Waals surface area (Å²) < 4.78 is 5.35. The average Bonchev–Trinajstić information content (AvgIpc) is 2.58. The van der Waals surface area contributed by atoms with Gasteiger partial charge < -0.3 is 4.74 Å². The van der Waals surface area contributed by atoms with E-state index in [1.165, 1.54) is 0 Å². The molecule has 0 amide bonds. The van der Waals surface area contributed by atoms with Gasteiger partial charge in [0.15, 0.2) is 6.29 Å². The Morgan fingerprint density at radius 1 is 1.00 bits per heavy atom. The molecule has 0 N–H and O–H groups in total. The molecule has 0 saturated carbocycles. The van der Waals surface area contributed by atoms with Crippen molar-refractivity contribution in [1.82, 2.24) is 0 Å². The van der Waals surface area contributed by atoms with Crippen LogP contribution in [-0.2, 0) is 16.1 Å². The SMILES string of the molecule is C=C(C)C(=O)OCc1c2ccccc2c(C=O)c2ccccc12. The van der Waals surface area contributed by atoms with Crippen LogP contribution < -0.4 is 0 Å². The summed E-state index contributed by atoms with van der Waals surface area (Å²) in [5.74, 6) is -0.419. The fourth-order valence-corrected chi connectivity index (χ4v) is 2.80. The zero-order valence-corrected chi connectivity index (χ0v) is 12.8. The lowest BCUT2D eigenvalue weighted by Crippen LogP contribution is -2.06. The van der Waals surface area contributed by atoms with Crippen molar-refractivity contribution in [2.75, 3.05) is 0 Å². The van der Waals surface area contributed by atoms with Gasteiger partial charge in [-0.15, -0.1) is 0 Å². The van der Waals surface area contributed by atoms with Gasteiger partial charge in [0.2, 0.25) is 0 Å². The number of hydrogen-bond donors (Lipinski definition) is 0. The van der Waals surface area contributed by atoms with Crippen molar-refractivity contribution >= 4 is 33.8 Å². The van der Waals surface area contributed by atoms with Crippen LogP contribution in [0.1, 0.15) is 22.8 Å². The highest BCUT2D eigenvalue weighted by Gasteiger charge is 2.14. The van der Waals surface area contributed by atoms with E-state index in [0.717, 1.165) is 33.4 Å². The van der Waals surface area contributed by atoms with Gasteiger partial charge in [-0.2, -0.15) is 0 Å². The second-order valence-electron chi connectivity index (χ2n) is 5.46. The molecule has 0 heterocycles. The Morgan fingerprint density at radius 2 is 1.48 bits per heavy atom. The third kappa shape index (κ3) is 2.61. The van der Waals surface area contributed by atoms with Crippen molar-refractivity contribution in [3.63, 3.8) is 0 Å². The number of ether oxygens (including phenoxy) is 1. The standard InChI is InChI=1S/C20H16O3/c1-13(2)20(22)23-12-19-16-9-5-3-7-14(16)18(11-21)15-8-4-6-10-17(15)19/h3-11H,1,12H2,2H3. The van der Waals surface area contributed by atoms with Crippen molar-refractivity contribution in [3.8, 4) is 0 Å². The van der Waals surface area contributed by atoms with Gasteiger partial charge in [0.25, 0.3) is 0 Å². The molecule has 3 aromatic carbocycles. The van der Waals surface area contributed by atoms with Crippen LogP contribution in [0.2, 0.25) is 0 Å². The zero-order chi connectivity index (χ0) is 16.4. The van der Waals surface area contributed by atoms with Crippen LogP contribution in [0.5, 0.6) is 0 Å². The van der Waals surface area contributed by atoms with E-state index in [0.29, 0.717) is 11.1 Å². The van der Waals surface area contributed by atoms with Crippen LogP contribution in [0, 0.1) is 0 Å². The first kappa shape index (κ1) is 15.0. The Hall–Kier alpha value is -2.94. The summed E-state index contributed by atoms with van der Waals surface area (Å²) in [6.07, 6.45) is 0.883. The van der Waals surface area contributed by atoms with Crippen molar-refractivity contribution in [3.05, 3.63) is 71.8 Å². The molecule has 0 aliphatic rings. The monoisotopic (exact) mass is 304 g/mol. The summed E-state index contributed by atoms with van der Waals surface area (Å²) in [5, 5.41) is 3.57. The van der Waals surface area contributed by atoms with Gasteiger partial charge in [-0.05, 0) is 28.5 Å². The number of rotatable bonds is 4. The first-order valence-electron chi connectivity index (χ1n) is 7.33. The largest absolute Gasteiger partial charge is 0.457 e. The molecular formula is C20H16O3. The number of esters is 1. The Labute approximate surface area is 134 Å². The van der Waals surface area contributed by atoms with Crippen LogP contribution in [0.25, 0.3) is 21.5 Å². The van der Waals surface area contributed by atoms with Crippen molar-refractivity contribution in [1.29, 1.82) is 0 Å². The zero-order valence-electron chi connectivity index (χ0n) is 12.8. The molecule has 3 nitrogen and oxygen atoms in total. The summed E-state index contributed by atoms with van der Waals surface area (Å²) in [4.78, 5) is 23.3. The van der Waals surface area contributed by atoms with Crippen LogP contribution in [0.15, 0.2) is 60.7 Å². The second-order valence-corrected chi connectivity index (χ2v) is 5.46. The predicted octanol–water partition coefficient (Wildman–Crippen LogP) is 4.42. The molecule has 0 radical (unpaired) electrons. The van der Waals surface area contributed by atoms with Gasteiger partial charge in [0, 0.05) is 16.7 Å². The third-order valence-corrected chi connectivity index (χ3v) is 3.90. The summed E-state index contributed by atoms with van der Waals surface area (Å²) >= 11 is 0. The molecule has 0 aromatic heterocycles. The number of benzene rings is 3. The van der Waals surface area contributed by atoms with E-state index >= 15 is 0 Å². The smallest absolute Gasteiger partial charge is 0.333 e. The molecule has 3 rings (SSSR count). The highest BCUT2D eigenvalue weighted by atomic mass is 16.5. The van der Waals surface area contributed by atoms with Gasteiger partial charge in [-0.3, -0.25) is 4.79 Å². The van der Waals surface area contributed by atoms with Crippen molar-refractivity contribution in [2.24, 2.45) is 0 Å². The number of carbonyl (C=O) groups excluding carboxylic acids is 2. The van der Waals surface area contributed by atoms with Gasteiger partial charge in [0.1, 0.15) is 6.61 Å². The topological polar surface area (TPSA) is 43.4 Å². The van der Waals surface area contributed by atoms with Crippen LogP contribution in [-0.4, -0.2) is 12.3 Å². The molecule has 0 aliphatic carbocycles. The Morgan fingerprint density at radius 3 is 1.91 bits per heavy atom. The lowest BCUT2D eigenvalue weighted by Gasteiger charge is -2.14. The van der Waals surface area contributed by atoms with E-state index in [-0.39, 0.29) is 6.61 Å². The Balaban J connectivity index is 2.27. The van der Waals surface area contributed by atoms with Crippen LogP contribution >= 0.6 is 0 Å². The van der Waals surface area contributed by atoms with E-state index < -0.39 is 5.97 Å². The fraction of sp³-hybridized carbons (Fsp3) is 0.100. The number of hydrogen-bond acceptors (Lipinski definition) is 3. The van der Waals surface area contributed by atoms with E-state index in [1.54, 1.807) is 6.92 Å². The Bertz CT molecular complexity index is 881. The lowest BCUT2D eigenvalue weighted by molar-refractivity contribution is -0.140. The molecule has 0 fully saturated rings. The van der Waals surface area contributed by atoms with Gasteiger partial charge in [0.05, 0.1) is 0 Å². The molecule has 3 aromatic rings. The van der Waals surface area contributed by atoms with Crippen LogP contribution in [0.4, 0.5) is 0 Å². The van der Waals surface area contributed by atoms with Crippen molar-refractivity contribution < 1.29 is 14.3 Å². The van der Waals surface area contributed by atoms with Crippen molar-refractivity contribution in [2.45, 2.75) is 13.5 Å². The first-order valence-corrected chi connectivity index (χ1v) is 7.33. The molecule has 0 unspecified atom stereocenters. The van der Waals surface area contributed by atoms with E-state index in [4.69, 9.17) is 4.74 Å². The fourth-order valence-electron chi connectivity index (χ4n) is 2.80. The number of fused-ring (bicyclic) bond motifs is 2. The number of carbonyl (C=O) groups is 2. The summed E-state index contributed by atoms with van der Waals surface area (Å²) in [6, 6.07) is 15.3. The minimum Gasteiger partial charge on any atom is -0.457 e. The maximum absolute atomic E-state index is 11.7. The molecule has 3 heteroatoms. The molecule has 114 valence electrons. The van der Waals surface area contributed by atoms with Crippen LogP contribution in [0.3, 0.4) is 0 Å². The third-order valence-electron chi connectivity index (χ3n) is 3.90. The molecule has 0 bridgehead atoms. The van der Waals surface area contributed by atoms with Gasteiger partial charge in [-0.25, -0.2) is 4.79 Å². The highest BCUT2D eigenvalue weighted by Crippen LogP contribution is 2.32. The predicted molar refractivity (Wildman–Crippen MR) is 91.5 cm³/mol. The summed E-state index contributed by atoms with van der Waals surface area (Å²) in [5.41, 5.74) is 1.92. The Kier molecular flexibility index (Phi) is 3.94.